The lowest BCUT2D eigenvalue weighted by Crippen LogP contribution is -2.02. The van der Waals surface area contributed by atoms with E-state index in [4.69, 9.17) is 0 Å². The van der Waals surface area contributed by atoms with Gasteiger partial charge < -0.3 is 10.1 Å². The maximum absolute atomic E-state index is 3.26. The first-order valence-corrected chi connectivity index (χ1v) is 4.98. The quantitative estimate of drug-likeness (QED) is 0.716. The Morgan fingerprint density at radius 1 is 1.31 bits per heavy atom. The van der Waals surface area contributed by atoms with Crippen LogP contribution >= 0.6 is 9.39 Å². The minimum atomic E-state index is 0.993. The lowest BCUT2D eigenvalue weighted by molar-refractivity contribution is 0.915. The van der Waals surface area contributed by atoms with E-state index in [9.17, 15) is 0 Å². The monoisotopic (exact) mass is 192 g/mol. The SMILES string of the molecule is PNCCc1c[nH]c2ccccc12. The van der Waals surface area contributed by atoms with Crippen LogP contribution in [0.25, 0.3) is 10.9 Å². The van der Waals surface area contributed by atoms with Gasteiger partial charge in [0, 0.05) is 23.6 Å². The van der Waals surface area contributed by atoms with E-state index in [-0.39, 0.29) is 0 Å². The third-order valence-corrected chi connectivity index (χ3v) is 2.50. The van der Waals surface area contributed by atoms with E-state index >= 15 is 0 Å². The predicted molar refractivity (Wildman–Crippen MR) is 59.7 cm³/mol. The lowest BCUT2D eigenvalue weighted by Gasteiger charge is -1.97. The molecule has 1 aromatic carbocycles. The summed E-state index contributed by atoms with van der Waals surface area (Å²) in [5.41, 5.74) is 2.60. The van der Waals surface area contributed by atoms with Crippen molar-refractivity contribution >= 4 is 20.3 Å². The van der Waals surface area contributed by atoms with Gasteiger partial charge in [-0.2, -0.15) is 0 Å². The number of hydrogen-bond donors (Lipinski definition) is 2. The molecule has 2 nitrogen and oxygen atoms in total. The Labute approximate surface area is 80.0 Å². The summed E-state index contributed by atoms with van der Waals surface area (Å²) in [7, 11) is 2.52. The molecular formula is C10H13N2P. The zero-order valence-corrected chi connectivity index (χ0v) is 8.53. The maximum Gasteiger partial charge on any atom is 0.0456 e. The standard InChI is InChI=1S/C10H13N2P/c13-12-6-5-8-7-11-10-4-2-1-3-9(8)10/h1-4,7,11-12H,5-6,13H2. The minimum Gasteiger partial charge on any atom is -0.361 e. The smallest absolute Gasteiger partial charge is 0.0456 e. The molecule has 68 valence electrons. The van der Waals surface area contributed by atoms with Gasteiger partial charge in [-0.1, -0.05) is 27.6 Å². The minimum absolute atomic E-state index is 0.993. The molecule has 1 heterocycles. The molecule has 2 N–H and O–H groups in total. The molecule has 1 atom stereocenters. The van der Waals surface area contributed by atoms with Crippen molar-refractivity contribution < 1.29 is 0 Å². The Morgan fingerprint density at radius 3 is 3.00 bits per heavy atom. The van der Waals surface area contributed by atoms with Crippen LogP contribution in [-0.2, 0) is 6.42 Å². The highest BCUT2D eigenvalue weighted by Gasteiger charge is 2.00. The number of fused-ring (bicyclic) bond motifs is 1. The van der Waals surface area contributed by atoms with Gasteiger partial charge in [-0.3, -0.25) is 0 Å². The molecule has 1 aromatic heterocycles. The molecule has 0 aliphatic carbocycles. The second kappa shape index (κ2) is 3.91. The van der Waals surface area contributed by atoms with Crippen LogP contribution in [0.1, 0.15) is 5.56 Å². The highest BCUT2D eigenvalue weighted by atomic mass is 31.0. The molecule has 0 bridgehead atoms. The van der Waals surface area contributed by atoms with Crippen molar-refractivity contribution in [2.45, 2.75) is 6.42 Å². The first-order valence-electron chi connectivity index (χ1n) is 4.40. The molecule has 0 amide bonds. The van der Waals surface area contributed by atoms with E-state index in [2.05, 4.69) is 49.9 Å². The Bertz CT molecular complexity index is 394. The zero-order chi connectivity index (χ0) is 9.10. The fraction of sp³-hybridized carbons (Fsp3) is 0.200. The molecular weight excluding hydrogens is 179 g/mol. The summed E-state index contributed by atoms with van der Waals surface area (Å²) >= 11 is 0. The second-order valence-electron chi connectivity index (χ2n) is 3.06. The molecule has 0 spiro atoms. The summed E-state index contributed by atoms with van der Waals surface area (Å²) in [5, 5.41) is 4.41. The van der Waals surface area contributed by atoms with Crippen LogP contribution < -0.4 is 5.09 Å². The van der Waals surface area contributed by atoms with Gasteiger partial charge in [0.15, 0.2) is 0 Å². The molecule has 0 aliphatic rings. The summed E-state index contributed by atoms with van der Waals surface area (Å²) in [6.07, 6.45) is 3.15. The summed E-state index contributed by atoms with van der Waals surface area (Å²) < 4.78 is 0. The molecule has 0 aliphatic heterocycles. The number of aromatic nitrogens is 1. The summed E-state index contributed by atoms with van der Waals surface area (Å²) in [6, 6.07) is 8.39. The topological polar surface area (TPSA) is 27.8 Å². The molecule has 13 heavy (non-hydrogen) atoms. The van der Waals surface area contributed by atoms with Gasteiger partial charge in [0.25, 0.3) is 0 Å². The molecule has 0 saturated heterocycles. The average molecular weight is 192 g/mol. The first-order chi connectivity index (χ1) is 6.42. The second-order valence-corrected chi connectivity index (χ2v) is 3.47. The van der Waals surface area contributed by atoms with Crippen LogP contribution in [0, 0.1) is 0 Å². The Morgan fingerprint density at radius 2 is 2.15 bits per heavy atom. The summed E-state index contributed by atoms with van der Waals surface area (Å²) in [4.78, 5) is 3.26. The summed E-state index contributed by atoms with van der Waals surface area (Å²) in [5.74, 6) is 0. The van der Waals surface area contributed by atoms with Crippen molar-refractivity contribution in [2.75, 3.05) is 6.54 Å². The molecule has 2 rings (SSSR count). The Kier molecular flexibility index (Phi) is 2.62. The van der Waals surface area contributed by atoms with Crippen LogP contribution in [0.3, 0.4) is 0 Å². The van der Waals surface area contributed by atoms with Crippen molar-refractivity contribution in [2.24, 2.45) is 0 Å². The fourth-order valence-electron chi connectivity index (χ4n) is 1.55. The maximum atomic E-state index is 3.26. The molecule has 2 aromatic rings. The lowest BCUT2D eigenvalue weighted by atomic mass is 10.1. The van der Waals surface area contributed by atoms with Gasteiger partial charge in [0.1, 0.15) is 0 Å². The van der Waals surface area contributed by atoms with E-state index in [0.29, 0.717) is 0 Å². The molecule has 0 radical (unpaired) electrons. The van der Waals surface area contributed by atoms with Gasteiger partial charge >= 0.3 is 0 Å². The van der Waals surface area contributed by atoms with Gasteiger partial charge in [-0.15, -0.1) is 0 Å². The van der Waals surface area contributed by atoms with Crippen molar-refractivity contribution in [3.05, 3.63) is 36.0 Å². The third kappa shape index (κ3) is 1.74. The largest absolute Gasteiger partial charge is 0.361 e. The Hall–Kier alpha value is -0.850. The van der Waals surface area contributed by atoms with E-state index in [1.165, 1.54) is 16.5 Å². The number of nitrogens with one attached hydrogen (secondary N) is 2. The van der Waals surface area contributed by atoms with E-state index in [1.54, 1.807) is 0 Å². The van der Waals surface area contributed by atoms with E-state index in [1.807, 2.05) is 0 Å². The highest BCUT2D eigenvalue weighted by molar-refractivity contribution is 7.13. The normalized spacial score (nSPS) is 10.8. The van der Waals surface area contributed by atoms with Crippen LogP contribution in [0.2, 0.25) is 0 Å². The molecule has 0 fully saturated rings. The number of hydrogen-bond acceptors (Lipinski definition) is 1. The van der Waals surface area contributed by atoms with Crippen LogP contribution in [0.5, 0.6) is 0 Å². The highest BCUT2D eigenvalue weighted by Crippen LogP contribution is 2.17. The zero-order valence-electron chi connectivity index (χ0n) is 7.38. The van der Waals surface area contributed by atoms with Crippen LogP contribution in [0.4, 0.5) is 0 Å². The number of H-pyrrole nitrogens is 1. The first kappa shape index (κ1) is 8.74. The Balaban J connectivity index is 2.35. The average Bonchev–Trinajstić information content (AvgIpc) is 2.58. The molecule has 0 saturated carbocycles. The van der Waals surface area contributed by atoms with Gasteiger partial charge in [0.05, 0.1) is 0 Å². The van der Waals surface area contributed by atoms with Gasteiger partial charge in [-0.05, 0) is 18.1 Å². The summed E-state index contributed by atoms with van der Waals surface area (Å²) in [6.45, 7) is 0.993. The van der Waals surface area contributed by atoms with Crippen molar-refractivity contribution in [3.63, 3.8) is 0 Å². The van der Waals surface area contributed by atoms with Crippen molar-refractivity contribution in [1.82, 2.24) is 10.1 Å². The molecule has 1 unspecified atom stereocenters. The van der Waals surface area contributed by atoms with Crippen molar-refractivity contribution in [3.8, 4) is 0 Å². The fourth-order valence-corrected chi connectivity index (χ4v) is 1.69. The molecule has 3 heteroatoms. The third-order valence-electron chi connectivity index (χ3n) is 2.21. The number of para-hydroxylation sites is 1. The van der Waals surface area contributed by atoms with Crippen LogP contribution in [0.15, 0.2) is 30.5 Å². The van der Waals surface area contributed by atoms with Crippen LogP contribution in [-0.4, -0.2) is 11.5 Å². The van der Waals surface area contributed by atoms with E-state index < -0.39 is 0 Å². The van der Waals surface area contributed by atoms with Crippen molar-refractivity contribution in [1.29, 1.82) is 0 Å². The predicted octanol–water partition coefficient (Wildman–Crippen LogP) is 2.09. The number of aromatic amines is 1. The van der Waals surface area contributed by atoms with E-state index in [0.717, 1.165) is 13.0 Å². The van der Waals surface area contributed by atoms with Gasteiger partial charge in [0.2, 0.25) is 0 Å². The van der Waals surface area contributed by atoms with Gasteiger partial charge in [-0.25, -0.2) is 0 Å². The number of benzene rings is 1. The number of rotatable bonds is 3.